The highest BCUT2D eigenvalue weighted by Crippen LogP contribution is 2.05. The molecular formula is C15H13N3O3. The number of carbonyl (C=O) groups is 1. The number of carbonyl (C=O) groups excluding carboxylic acids is 1. The van der Waals surface area contributed by atoms with Gasteiger partial charge in [-0.15, -0.1) is 0 Å². The molecule has 0 bridgehead atoms. The molecule has 106 valence electrons. The monoisotopic (exact) mass is 283 g/mol. The molecule has 1 heterocycles. The number of aromatic nitrogens is 2. The first-order valence-electron chi connectivity index (χ1n) is 6.24. The lowest BCUT2D eigenvalue weighted by atomic mass is 10.1. The van der Waals surface area contributed by atoms with E-state index in [0.717, 1.165) is 10.1 Å². The Labute approximate surface area is 120 Å². The van der Waals surface area contributed by atoms with Crippen molar-refractivity contribution in [2.75, 3.05) is 0 Å². The second-order valence-corrected chi connectivity index (χ2v) is 4.69. The molecule has 1 aromatic carbocycles. The highest BCUT2D eigenvalue weighted by atomic mass is 16.2. The zero-order chi connectivity index (χ0) is 15.6. The van der Waals surface area contributed by atoms with Gasteiger partial charge in [0, 0.05) is 13.2 Å². The maximum Gasteiger partial charge on any atom is 0.331 e. The third-order valence-corrected chi connectivity index (χ3v) is 3.14. The van der Waals surface area contributed by atoms with E-state index >= 15 is 0 Å². The SMILES string of the molecule is CC(=O)c1cn(Cc2cccc(C#N)c2)c(=O)n(C)c1=O. The smallest absolute Gasteiger partial charge is 0.295 e. The van der Waals surface area contributed by atoms with Crippen LogP contribution in [0.3, 0.4) is 0 Å². The van der Waals surface area contributed by atoms with Gasteiger partial charge in [-0.3, -0.25) is 18.7 Å². The first-order chi connectivity index (χ1) is 9.93. The van der Waals surface area contributed by atoms with E-state index in [1.807, 2.05) is 6.07 Å². The van der Waals surface area contributed by atoms with E-state index in [0.29, 0.717) is 5.56 Å². The molecular weight excluding hydrogens is 270 g/mol. The van der Waals surface area contributed by atoms with Crippen molar-refractivity contribution in [2.24, 2.45) is 7.05 Å². The number of ketones is 1. The summed E-state index contributed by atoms with van der Waals surface area (Å²) in [7, 11) is 1.33. The minimum atomic E-state index is -0.602. The summed E-state index contributed by atoms with van der Waals surface area (Å²) >= 11 is 0. The fraction of sp³-hybridized carbons (Fsp3) is 0.200. The predicted octanol–water partition coefficient (Wildman–Crippen LogP) is 0.670. The number of Topliss-reactive ketones (excluding diaryl/α,β-unsaturated/α-hetero) is 1. The van der Waals surface area contributed by atoms with Gasteiger partial charge in [0.1, 0.15) is 0 Å². The Morgan fingerprint density at radius 1 is 1.33 bits per heavy atom. The van der Waals surface area contributed by atoms with E-state index < -0.39 is 17.0 Å². The van der Waals surface area contributed by atoms with Crippen molar-refractivity contribution >= 4 is 5.78 Å². The molecule has 0 aliphatic carbocycles. The van der Waals surface area contributed by atoms with Crippen LogP contribution in [0, 0.1) is 11.3 Å². The summed E-state index contributed by atoms with van der Waals surface area (Å²) in [6.45, 7) is 1.46. The van der Waals surface area contributed by atoms with Crippen LogP contribution in [0.4, 0.5) is 0 Å². The molecule has 0 amide bonds. The van der Waals surface area contributed by atoms with Gasteiger partial charge in [0.05, 0.1) is 23.7 Å². The van der Waals surface area contributed by atoms with Gasteiger partial charge in [0.15, 0.2) is 5.78 Å². The van der Waals surface area contributed by atoms with Gasteiger partial charge in [0.2, 0.25) is 0 Å². The van der Waals surface area contributed by atoms with Gasteiger partial charge in [-0.05, 0) is 24.6 Å². The van der Waals surface area contributed by atoms with Gasteiger partial charge < -0.3 is 0 Å². The molecule has 0 aliphatic heterocycles. The summed E-state index contributed by atoms with van der Waals surface area (Å²) in [5.74, 6) is -0.393. The third kappa shape index (κ3) is 2.82. The lowest BCUT2D eigenvalue weighted by Crippen LogP contribution is -2.40. The van der Waals surface area contributed by atoms with Crippen molar-refractivity contribution < 1.29 is 4.79 Å². The Kier molecular flexibility index (Phi) is 3.85. The first kappa shape index (κ1) is 14.5. The van der Waals surface area contributed by atoms with Crippen LogP contribution in [0.2, 0.25) is 0 Å². The van der Waals surface area contributed by atoms with Gasteiger partial charge in [-0.1, -0.05) is 12.1 Å². The standard InChI is InChI=1S/C15H13N3O3/c1-10(19)13-9-18(15(21)17(2)14(13)20)8-12-5-3-4-11(6-12)7-16/h3-6,9H,8H2,1-2H3. The second kappa shape index (κ2) is 5.59. The fourth-order valence-corrected chi connectivity index (χ4v) is 2.02. The summed E-state index contributed by atoms with van der Waals surface area (Å²) in [6.07, 6.45) is 1.27. The van der Waals surface area contributed by atoms with Crippen molar-refractivity contribution in [1.29, 1.82) is 5.26 Å². The normalized spacial score (nSPS) is 10.1. The minimum absolute atomic E-state index is 0.0338. The van der Waals surface area contributed by atoms with Gasteiger partial charge in [-0.25, -0.2) is 4.79 Å². The number of rotatable bonds is 3. The topological polar surface area (TPSA) is 84.9 Å². The van der Waals surface area contributed by atoms with Crippen LogP contribution in [0.1, 0.15) is 28.4 Å². The number of benzene rings is 1. The largest absolute Gasteiger partial charge is 0.331 e. The lowest BCUT2D eigenvalue weighted by Gasteiger charge is -2.09. The van der Waals surface area contributed by atoms with Crippen LogP contribution >= 0.6 is 0 Å². The fourth-order valence-electron chi connectivity index (χ4n) is 2.02. The number of hydrogen-bond donors (Lipinski definition) is 0. The summed E-state index contributed by atoms with van der Waals surface area (Å²) in [4.78, 5) is 35.4. The summed E-state index contributed by atoms with van der Waals surface area (Å²) in [6, 6.07) is 8.82. The number of nitrogens with zero attached hydrogens (tertiary/aromatic N) is 3. The summed E-state index contributed by atoms with van der Waals surface area (Å²) < 4.78 is 2.19. The second-order valence-electron chi connectivity index (χ2n) is 4.69. The Balaban J connectivity index is 2.55. The van der Waals surface area contributed by atoms with Crippen LogP contribution in [0.15, 0.2) is 40.1 Å². The van der Waals surface area contributed by atoms with Crippen LogP contribution in [-0.4, -0.2) is 14.9 Å². The third-order valence-electron chi connectivity index (χ3n) is 3.14. The Morgan fingerprint density at radius 3 is 2.67 bits per heavy atom. The average Bonchev–Trinajstić information content (AvgIpc) is 2.47. The quantitative estimate of drug-likeness (QED) is 0.775. The molecule has 6 nitrogen and oxygen atoms in total. The van der Waals surface area contributed by atoms with Gasteiger partial charge >= 0.3 is 5.69 Å². The molecule has 2 rings (SSSR count). The molecule has 0 spiro atoms. The molecule has 0 unspecified atom stereocenters. The van der Waals surface area contributed by atoms with E-state index in [4.69, 9.17) is 5.26 Å². The maximum atomic E-state index is 12.1. The first-order valence-corrected chi connectivity index (χ1v) is 6.24. The molecule has 0 aliphatic rings. The molecule has 0 N–H and O–H groups in total. The van der Waals surface area contributed by atoms with E-state index in [1.165, 1.54) is 24.7 Å². The molecule has 21 heavy (non-hydrogen) atoms. The van der Waals surface area contributed by atoms with Gasteiger partial charge in [0.25, 0.3) is 5.56 Å². The van der Waals surface area contributed by atoms with Crippen molar-refractivity contribution in [1.82, 2.24) is 9.13 Å². The Bertz CT molecular complexity index is 869. The Morgan fingerprint density at radius 2 is 2.05 bits per heavy atom. The minimum Gasteiger partial charge on any atom is -0.295 e. The average molecular weight is 283 g/mol. The van der Waals surface area contributed by atoms with Crippen molar-refractivity contribution in [3.8, 4) is 6.07 Å². The zero-order valence-electron chi connectivity index (χ0n) is 11.7. The number of nitriles is 1. The lowest BCUT2D eigenvalue weighted by molar-refractivity contribution is 0.101. The van der Waals surface area contributed by atoms with Crippen LogP contribution in [-0.2, 0) is 13.6 Å². The van der Waals surface area contributed by atoms with Crippen LogP contribution < -0.4 is 11.2 Å². The van der Waals surface area contributed by atoms with E-state index in [9.17, 15) is 14.4 Å². The van der Waals surface area contributed by atoms with Crippen molar-refractivity contribution in [3.05, 3.63) is 68.0 Å². The van der Waals surface area contributed by atoms with E-state index in [1.54, 1.807) is 24.3 Å². The van der Waals surface area contributed by atoms with E-state index in [-0.39, 0.29) is 12.1 Å². The van der Waals surface area contributed by atoms with Gasteiger partial charge in [-0.2, -0.15) is 5.26 Å². The molecule has 0 atom stereocenters. The van der Waals surface area contributed by atoms with Crippen molar-refractivity contribution in [2.45, 2.75) is 13.5 Å². The Hall–Kier alpha value is -2.94. The summed E-state index contributed by atoms with van der Waals surface area (Å²) in [5, 5.41) is 8.87. The molecule has 0 radical (unpaired) electrons. The summed E-state index contributed by atoms with van der Waals surface area (Å²) in [5.41, 5.74) is 0.0804. The highest BCUT2D eigenvalue weighted by molar-refractivity contribution is 5.93. The predicted molar refractivity (Wildman–Crippen MR) is 76.2 cm³/mol. The highest BCUT2D eigenvalue weighted by Gasteiger charge is 2.12. The molecule has 6 heteroatoms. The molecule has 2 aromatic rings. The van der Waals surface area contributed by atoms with E-state index in [2.05, 4.69) is 0 Å². The number of hydrogen-bond acceptors (Lipinski definition) is 4. The molecule has 0 fully saturated rings. The van der Waals surface area contributed by atoms with Crippen LogP contribution in [0.25, 0.3) is 0 Å². The van der Waals surface area contributed by atoms with Crippen molar-refractivity contribution in [3.63, 3.8) is 0 Å². The zero-order valence-corrected chi connectivity index (χ0v) is 11.7. The maximum absolute atomic E-state index is 12.1. The molecule has 0 saturated carbocycles. The molecule has 1 aromatic heterocycles. The van der Waals surface area contributed by atoms with Crippen LogP contribution in [0.5, 0.6) is 0 Å². The molecule has 0 saturated heterocycles.